The number of likely N-dealkylation sites (tertiary alicyclic amines) is 1. The summed E-state index contributed by atoms with van der Waals surface area (Å²) in [6.07, 6.45) is 2.36. The van der Waals surface area contributed by atoms with E-state index in [2.05, 4.69) is 21.8 Å². The molecule has 42 heavy (non-hydrogen) atoms. The van der Waals surface area contributed by atoms with Crippen molar-refractivity contribution in [3.8, 4) is 11.1 Å². The highest BCUT2D eigenvalue weighted by Gasteiger charge is 2.35. The maximum absolute atomic E-state index is 14.2. The highest BCUT2D eigenvalue weighted by molar-refractivity contribution is 6.42. The summed E-state index contributed by atoms with van der Waals surface area (Å²) in [6, 6.07) is 8.89. The molecule has 222 valence electrons. The molecule has 2 aliphatic rings. The van der Waals surface area contributed by atoms with E-state index >= 15 is 0 Å². The molecule has 2 atom stereocenters. The number of ether oxygens (including phenoxy) is 1. The Labute approximate surface area is 253 Å². The van der Waals surface area contributed by atoms with Crippen molar-refractivity contribution in [1.82, 2.24) is 24.2 Å². The third-order valence-electron chi connectivity index (χ3n) is 8.19. The fourth-order valence-corrected chi connectivity index (χ4v) is 6.39. The second-order valence-corrected chi connectivity index (χ2v) is 11.8. The molecule has 2 aliphatic heterocycles. The normalized spacial score (nSPS) is 17.8. The standard InChI is InChI=1S/C30H33Cl2FN6O3/c1-3-42-30(41)29(28-25-10-20(33)14-38(25)17-34-28)39-15-23-24(31)11-22(26(32)27(23)35-39)19-4-6-21(7-5-19)36(2)8-9-37-12-18(13-37)16-40/h4-7,11,15,17-18,20,29,40H,3,8-10,12-14,16H2,1-2H3/t20-,29?/m1/s1. The van der Waals surface area contributed by atoms with Gasteiger partial charge in [-0.1, -0.05) is 35.3 Å². The van der Waals surface area contributed by atoms with Crippen molar-refractivity contribution < 1.29 is 19.0 Å². The first-order valence-electron chi connectivity index (χ1n) is 14.1. The number of benzene rings is 2. The maximum atomic E-state index is 14.2. The van der Waals surface area contributed by atoms with Gasteiger partial charge in [-0.2, -0.15) is 5.10 Å². The first kappa shape index (κ1) is 28.9. The quantitative estimate of drug-likeness (QED) is 0.261. The minimum Gasteiger partial charge on any atom is -0.464 e. The molecule has 4 aromatic rings. The molecule has 12 heteroatoms. The Hall–Kier alpha value is -3.18. The van der Waals surface area contributed by atoms with Crippen LogP contribution in [0.2, 0.25) is 10.0 Å². The number of aliphatic hydroxyl groups excluding tert-OH is 1. The van der Waals surface area contributed by atoms with Crippen molar-refractivity contribution in [1.29, 1.82) is 0 Å². The van der Waals surface area contributed by atoms with Crippen molar-refractivity contribution >= 4 is 45.8 Å². The van der Waals surface area contributed by atoms with Crippen LogP contribution in [0.4, 0.5) is 10.1 Å². The molecule has 1 fully saturated rings. The van der Waals surface area contributed by atoms with Gasteiger partial charge in [0.2, 0.25) is 0 Å². The summed E-state index contributed by atoms with van der Waals surface area (Å²) in [4.78, 5) is 22.2. The number of esters is 1. The Morgan fingerprint density at radius 2 is 2.00 bits per heavy atom. The van der Waals surface area contributed by atoms with Gasteiger partial charge >= 0.3 is 5.97 Å². The molecule has 1 saturated heterocycles. The number of carbonyl (C=O) groups is 1. The molecular weight excluding hydrogens is 582 g/mol. The van der Waals surface area contributed by atoms with Gasteiger partial charge in [-0.05, 0) is 30.7 Å². The van der Waals surface area contributed by atoms with Crippen LogP contribution in [-0.2, 0) is 22.5 Å². The highest BCUT2D eigenvalue weighted by Crippen LogP contribution is 2.40. The number of aliphatic hydroxyl groups is 1. The van der Waals surface area contributed by atoms with Crippen LogP contribution in [0.5, 0.6) is 0 Å². The van der Waals surface area contributed by atoms with Gasteiger partial charge in [-0.3, -0.25) is 4.68 Å². The first-order chi connectivity index (χ1) is 20.3. The minimum atomic E-state index is -1.03. The van der Waals surface area contributed by atoms with E-state index in [-0.39, 0.29) is 26.2 Å². The van der Waals surface area contributed by atoms with Crippen LogP contribution in [0, 0.1) is 5.92 Å². The van der Waals surface area contributed by atoms with Crippen molar-refractivity contribution in [3.63, 3.8) is 0 Å². The maximum Gasteiger partial charge on any atom is 0.337 e. The van der Waals surface area contributed by atoms with Crippen molar-refractivity contribution in [2.45, 2.75) is 32.1 Å². The number of carbonyl (C=O) groups excluding carboxylic acids is 1. The SMILES string of the molecule is CCOC(=O)C(c1ncn2c1C[C@@H](F)C2)n1cc2c(Cl)cc(-c3ccc(N(C)CCN4CC(CO)C4)cc3)c(Cl)c2n1. The number of hydrogen-bond acceptors (Lipinski definition) is 7. The molecular formula is C30H33Cl2FN6O3. The number of hydrogen-bond donors (Lipinski definition) is 1. The molecule has 0 bridgehead atoms. The van der Waals surface area contributed by atoms with E-state index in [0.29, 0.717) is 38.3 Å². The zero-order valence-electron chi connectivity index (χ0n) is 23.5. The van der Waals surface area contributed by atoms with E-state index in [1.165, 1.54) is 4.68 Å². The largest absolute Gasteiger partial charge is 0.464 e. The number of nitrogens with zero attached hydrogens (tertiary/aromatic N) is 6. The van der Waals surface area contributed by atoms with Crippen LogP contribution in [0.3, 0.4) is 0 Å². The monoisotopic (exact) mass is 614 g/mol. The number of aromatic nitrogens is 4. The third-order valence-corrected chi connectivity index (χ3v) is 8.88. The summed E-state index contributed by atoms with van der Waals surface area (Å²) in [5.74, 6) is -0.134. The third kappa shape index (κ3) is 5.37. The number of imidazole rings is 1. The molecule has 0 spiro atoms. The number of halogens is 3. The molecule has 6 rings (SSSR count). The van der Waals surface area contributed by atoms with Gasteiger partial charge in [0.15, 0.2) is 6.04 Å². The van der Waals surface area contributed by atoms with Crippen LogP contribution in [0.15, 0.2) is 42.9 Å². The predicted octanol–water partition coefficient (Wildman–Crippen LogP) is 4.61. The van der Waals surface area contributed by atoms with Gasteiger partial charge in [-0.25, -0.2) is 14.2 Å². The van der Waals surface area contributed by atoms with E-state index in [4.69, 9.17) is 33.0 Å². The Morgan fingerprint density at radius 1 is 1.24 bits per heavy atom. The molecule has 2 aromatic heterocycles. The van der Waals surface area contributed by atoms with Gasteiger partial charge in [0.25, 0.3) is 0 Å². The van der Waals surface area contributed by atoms with Gasteiger partial charge in [0.1, 0.15) is 11.7 Å². The van der Waals surface area contributed by atoms with Crippen LogP contribution < -0.4 is 4.90 Å². The predicted molar refractivity (Wildman–Crippen MR) is 161 cm³/mol. The molecule has 0 aliphatic carbocycles. The fourth-order valence-electron chi connectivity index (χ4n) is 5.84. The van der Waals surface area contributed by atoms with Crippen LogP contribution in [0.1, 0.15) is 24.4 Å². The summed E-state index contributed by atoms with van der Waals surface area (Å²) in [7, 11) is 2.06. The summed E-state index contributed by atoms with van der Waals surface area (Å²) in [5, 5.41) is 15.4. The molecule has 0 saturated carbocycles. The lowest BCUT2D eigenvalue weighted by atomic mass is 10.0. The molecule has 9 nitrogen and oxygen atoms in total. The Bertz CT molecular complexity index is 1600. The summed E-state index contributed by atoms with van der Waals surface area (Å²) in [6.45, 7) is 6.08. The van der Waals surface area contributed by atoms with Gasteiger partial charge < -0.3 is 24.2 Å². The van der Waals surface area contributed by atoms with Gasteiger partial charge in [0, 0.05) is 80.7 Å². The lowest BCUT2D eigenvalue weighted by Gasteiger charge is -2.39. The molecule has 4 heterocycles. The molecule has 1 N–H and O–H groups in total. The molecule has 2 aromatic carbocycles. The summed E-state index contributed by atoms with van der Waals surface area (Å²) < 4.78 is 22.7. The van der Waals surface area contributed by atoms with Crippen LogP contribution >= 0.6 is 23.2 Å². The zero-order valence-corrected chi connectivity index (χ0v) is 25.0. The average Bonchev–Trinajstić information content (AvgIpc) is 3.66. The Morgan fingerprint density at radius 3 is 2.71 bits per heavy atom. The number of alkyl halides is 1. The number of likely N-dealkylation sites (N-methyl/N-ethyl adjacent to an activating group) is 1. The number of anilines is 1. The lowest BCUT2D eigenvalue weighted by molar-refractivity contribution is -0.146. The first-order valence-corrected chi connectivity index (χ1v) is 14.9. The number of rotatable bonds is 10. The van der Waals surface area contributed by atoms with Crippen molar-refractivity contribution in [2.24, 2.45) is 5.92 Å². The summed E-state index contributed by atoms with van der Waals surface area (Å²) >= 11 is 13.7. The molecule has 0 radical (unpaired) electrons. The van der Waals surface area contributed by atoms with E-state index in [9.17, 15) is 14.3 Å². The lowest BCUT2D eigenvalue weighted by Crippen LogP contribution is -2.50. The van der Waals surface area contributed by atoms with Gasteiger partial charge in [0.05, 0.1) is 35.2 Å². The summed E-state index contributed by atoms with van der Waals surface area (Å²) in [5.41, 5.74) is 4.20. The minimum absolute atomic E-state index is 0.172. The van der Waals surface area contributed by atoms with Crippen molar-refractivity contribution in [2.75, 3.05) is 51.3 Å². The Kier molecular flexibility index (Phi) is 8.15. The second kappa shape index (κ2) is 11.8. The topological polar surface area (TPSA) is 88.7 Å². The molecule has 1 unspecified atom stereocenters. The van der Waals surface area contributed by atoms with Gasteiger partial charge in [-0.15, -0.1) is 0 Å². The van der Waals surface area contributed by atoms with Crippen LogP contribution in [0.25, 0.3) is 22.0 Å². The highest BCUT2D eigenvalue weighted by atomic mass is 35.5. The van der Waals surface area contributed by atoms with Crippen LogP contribution in [-0.4, -0.2) is 87.9 Å². The number of fused-ring (bicyclic) bond motifs is 2. The average molecular weight is 616 g/mol. The van der Waals surface area contributed by atoms with Crippen molar-refractivity contribution in [3.05, 3.63) is 64.3 Å². The van der Waals surface area contributed by atoms with E-state index in [1.807, 2.05) is 24.3 Å². The Balaban J connectivity index is 1.28. The van der Waals surface area contributed by atoms with E-state index in [0.717, 1.165) is 43.0 Å². The fraction of sp³-hybridized carbons (Fsp3) is 0.433. The second-order valence-electron chi connectivity index (χ2n) is 11.1. The van der Waals surface area contributed by atoms with E-state index < -0.39 is 18.2 Å². The van der Waals surface area contributed by atoms with E-state index in [1.54, 1.807) is 30.1 Å². The smallest absolute Gasteiger partial charge is 0.337 e. The zero-order chi connectivity index (χ0) is 29.5. The molecule has 0 amide bonds.